The number of piperidine rings is 1. The Labute approximate surface area is 162 Å². The van der Waals surface area contributed by atoms with Crippen molar-refractivity contribution in [2.75, 3.05) is 46.9 Å². The molecule has 0 aliphatic carbocycles. The highest BCUT2D eigenvalue weighted by molar-refractivity contribution is 14.0. The largest absolute Gasteiger partial charge is 0.466 e. The molecule has 0 radical (unpaired) electrons. The number of hydrogen-bond donors (Lipinski definition) is 1. The number of likely N-dealkylation sites (N-methyl/N-ethyl adjacent to an activating group) is 1. The number of halogens is 1. The first-order chi connectivity index (χ1) is 11.0. The zero-order valence-corrected chi connectivity index (χ0v) is 17.5. The van der Waals surface area contributed by atoms with Crippen molar-refractivity contribution in [3.05, 3.63) is 0 Å². The summed E-state index contributed by atoms with van der Waals surface area (Å²) in [6.45, 7) is 6.78. The van der Waals surface area contributed by atoms with Gasteiger partial charge in [-0.2, -0.15) is 0 Å². The maximum atomic E-state index is 11.8. The van der Waals surface area contributed by atoms with Gasteiger partial charge in [-0.1, -0.05) is 6.92 Å². The summed E-state index contributed by atoms with van der Waals surface area (Å²) >= 11 is 0. The topological polar surface area (TPSA) is 74.2 Å². The van der Waals surface area contributed by atoms with Gasteiger partial charge in [0.25, 0.3) is 0 Å². The van der Waals surface area contributed by atoms with Crippen LogP contribution in [0.1, 0.15) is 33.1 Å². The molecule has 1 heterocycles. The number of esters is 1. The van der Waals surface area contributed by atoms with Crippen LogP contribution < -0.4 is 5.32 Å². The van der Waals surface area contributed by atoms with Crippen LogP contribution in [-0.2, 0) is 14.3 Å². The molecule has 7 nitrogen and oxygen atoms in total. The Morgan fingerprint density at radius 1 is 1.25 bits per heavy atom. The molecule has 0 saturated carbocycles. The maximum absolute atomic E-state index is 11.8. The quantitative estimate of drug-likeness (QED) is 0.284. The average molecular weight is 454 g/mol. The summed E-state index contributed by atoms with van der Waals surface area (Å²) in [6, 6.07) is 0. The SMILES string of the molecule is CCCNC(=NCC(=O)N(C)C)N1CCC(C(=O)OCC)CC1.I. The monoisotopic (exact) mass is 454 g/mol. The lowest BCUT2D eigenvalue weighted by atomic mass is 9.97. The van der Waals surface area contributed by atoms with E-state index in [9.17, 15) is 9.59 Å². The van der Waals surface area contributed by atoms with Crippen molar-refractivity contribution in [3.8, 4) is 0 Å². The van der Waals surface area contributed by atoms with E-state index < -0.39 is 0 Å². The van der Waals surface area contributed by atoms with Gasteiger partial charge in [-0.05, 0) is 26.2 Å². The smallest absolute Gasteiger partial charge is 0.309 e. The highest BCUT2D eigenvalue weighted by atomic mass is 127. The van der Waals surface area contributed by atoms with Gasteiger partial charge in [-0.25, -0.2) is 4.99 Å². The number of amides is 1. The lowest BCUT2D eigenvalue weighted by Crippen LogP contribution is -2.47. The summed E-state index contributed by atoms with van der Waals surface area (Å²) in [5.41, 5.74) is 0. The molecule has 8 heteroatoms. The standard InChI is InChI=1S/C16H30N4O3.HI/c1-5-9-17-16(18-12-14(21)19(3)4)20-10-7-13(8-11-20)15(22)23-6-2;/h13H,5-12H2,1-4H3,(H,17,18);1H. The fraction of sp³-hybridized carbons (Fsp3) is 0.812. The molecule has 0 spiro atoms. The zero-order valence-electron chi connectivity index (χ0n) is 15.2. The van der Waals surface area contributed by atoms with E-state index >= 15 is 0 Å². The number of nitrogens with one attached hydrogen (secondary N) is 1. The lowest BCUT2D eigenvalue weighted by Gasteiger charge is -2.33. The van der Waals surface area contributed by atoms with Gasteiger partial charge in [0.15, 0.2) is 5.96 Å². The summed E-state index contributed by atoms with van der Waals surface area (Å²) in [5, 5.41) is 3.29. The van der Waals surface area contributed by atoms with Gasteiger partial charge in [0.1, 0.15) is 6.54 Å². The van der Waals surface area contributed by atoms with Gasteiger partial charge >= 0.3 is 5.97 Å². The van der Waals surface area contributed by atoms with Gasteiger partial charge in [-0.15, -0.1) is 24.0 Å². The first-order valence-electron chi connectivity index (χ1n) is 8.39. The average Bonchev–Trinajstić information content (AvgIpc) is 2.55. The molecular formula is C16H31IN4O3. The van der Waals surface area contributed by atoms with Crippen molar-refractivity contribution in [1.29, 1.82) is 0 Å². The van der Waals surface area contributed by atoms with Crippen LogP contribution in [0.2, 0.25) is 0 Å². The molecular weight excluding hydrogens is 423 g/mol. The van der Waals surface area contributed by atoms with E-state index in [2.05, 4.69) is 22.1 Å². The molecule has 1 aliphatic rings. The molecule has 0 bridgehead atoms. The maximum Gasteiger partial charge on any atom is 0.309 e. The molecule has 1 amide bonds. The molecule has 24 heavy (non-hydrogen) atoms. The first kappa shape index (κ1) is 22.9. The fourth-order valence-electron chi connectivity index (χ4n) is 2.38. The summed E-state index contributed by atoms with van der Waals surface area (Å²) in [4.78, 5) is 31.6. The first-order valence-corrected chi connectivity index (χ1v) is 8.39. The molecule has 1 fully saturated rings. The Hall–Kier alpha value is -1.06. The van der Waals surface area contributed by atoms with Crippen molar-refractivity contribution in [3.63, 3.8) is 0 Å². The van der Waals surface area contributed by atoms with E-state index in [1.165, 1.54) is 4.90 Å². The van der Waals surface area contributed by atoms with E-state index in [0.717, 1.165) is 44.9 Å². The third kappa shape index (κ3) is 7.67. The van der Waals surface area contributed by atoms with Crippen LogP contribution in [0.5, 0.6) is 0 Å². The Balaban J connectivity index is 0.00000529. The second kappa shape index (κ2) is 12.3. The molecule has 0 atom stereocenters. The minimum Gasteiger partial charge on any atom is -0.466 e. The Morgan fingerprint density at radius 3 is 2.38 bits per heavy atom. The second-order valence-electron chi connectivity index (χ2n) is 5.87. The predicted octanol–water partition coefficient (Wildman–Crippen LogP) is 1.32. The van der Waals surface area contributed by atoms with Crippen LogP contribution in [0.15, 0.2) is 4.99 Å². The number of carbonyl (C=O) groups is 2. The van der Waals surface area contributed by atoms with E-state index in [1.807, 2.05) is 6.92 Å². The number of ether oxygens (including phenoxy) is 1. The summed E-state index contributed by atoms with van der Waals surface area (Å²) in [6.07, 6.45) is 2.50. The van der Waals surface area contributed by atoms with E-state index in [4.69, 9.17) is 4.74 Å². The van der Waals surface area contributed by atoms with Crippen molar-refractivity contribution in [2.45, 2.75) is 33.1 Å². The number of rotatable bonds is 6. The molecule has 1 aliphatic heterocycles. The molecule has 140 valence electrons. The number of likely N-dealkylation sites (tertiary alicyclic amines) is 1. The van der Waals surface area contributed by atoms with Crippen LogP contribution >= 0.6 is 24.0 Å². The lowest BCUT2D eigenvalue weighted by molar-refractivity contribution is -0.149. The van der Waals surface area contributed by atoms with E-state index in [0.29, 0.717) is 6.61 Å². The van der Waals surface area contributed by atoms with Crippen molar-refractivity contribution in [1.82, 2.24) is 15.1 Å². The minimum atomic E-state index is -0.102. The molecule has 0 aromatic heterocycles. The van der Waals surface area contributed by atoms with Crippen LogP contribution in [0.3, 0.4) is 0 Å². The molecule has 1 rings (SSSR count). The van der Waals surface area contributed by atoms with Crippen LogP contribution in [-0.4, -0.2) is 74.5 Å². The fourth-order valence-corrected chi connectivity index (χ4v) is 2.38. The highest BCUT2D eigenvalue weighted by Gasteiger charge is 2.27. The number of carbonyl (C=O) groups excluding carboxylic acids is 2. The molecule has 0 aromatic rings. The Kier molecular flexibility index (Phi) is 11.8. The van der Waals surface area contributed by atoms with Crippen molar-refractivity contribution < 1.29 is 14.3 Å². The van der Waals surface area contributed by atoms with Gasteiger partial charge in [0.2, 0.25) is 5.91 Å². The van der Waals surface area contributed by atoms with Gasteiger partial charge in [0.05, 0.1) is 12.5 Å². The zero-order chi connectivity index (χ0) is 17.2. The summed E-state index contributed by atoms with van der Waals surface area (Å²) < 4.78 is 5.09. The molecule has 0 aromatic carbocycles. The second-order valence-corrected chi connectivity index (χ2v) is 5.87. The van der Waals surface area contributed by atoms with Crippen molar-refractivity contribution >= 4 is 41.8 Å². The molecule has 1 saturated heterocycles. The van der Waals surface area contributed by atoms with Gasteiger partial charge < -0.3 is 19.9 Å². The van der Waals surface area contributed by atoms with E-state index in [-0.39, 0.29) is 48.3 Å². The summed E-state index contributed by atoms with van der Waals surface area (Å²) in [5.74, 6) is 0.601. The number of guanidine groups is 1. The normalized spacial score (nSPS) is 15.5. The third-order valence-corrected chi connectivity index (χ3v) is 3.81. The minimum absolute atomic E-state index is 0. The summed E-state index contributed by atoms with van der Waals surface area (Å²) in [7, 11) is 3.45. The molecule has 0 unspecified atom stereocenters. The van der Waals surface area contributed by atoms with Crippen LogP contribution in [0, 0.1) is 5.92 Å². The van der Waals surface area contributed by atoms with Crippen LogP contribution in [0.25, 0.3) is 0 Å². The predicted molar refractivity (Wildman–Crippen MR) is 106 cm³/mol. The Morgan fingerprint density at radius 2 is 1.88 bits per heavy atom. The van der Waals surface area contributed by atoms with Crippen molar-refractivity contribution in [2.24, 2.45) is 10.9 Å². The molecule has 1 N–H and O–H groups in total. The van der Waals surface area contributed by atoms with Crippen LogP contribution in [0.4, 0.5) is 0 Å². The third-order valence-electron chi connectivity index (χ3n) is 3.81. The van der Waals surface area contributed by atoms with E-state index in [1.54, 1.807) is 14.1 Å². The number of aliphatic imine (C=N–C) groups is 1. The Bertz CT molecular complexity index is 422. The number of nitrogens with zero attached hydrogens (tertiary/aromatic N) is 3. The highest BCUT2D eigenvalue weighted by Crippen LogP contribution is 2.18. The van der Waals surface area contributed by atoms with Gasteiger partial charge in [0, 0.05) is 33.7 Å². The van der Waals surface area contributed by atoms with Gasteiger partial charge in [-0.3, -0.25) is 9.59 Å². The number of hydrogen-bond acceptors (Lipinski definition) is 4.